The highest BCUT2D eigenvalue weighted by molar-refractivity contribution is 9.10. The molecule has 11 nitrogen and oxygen atoms in total. The number of ether oxygens (including phenoxy) is 3. The van der Waals surface area contributed by atoms with Crippen molar-refractivity contribution in [3.8, 4) is 11.5 Å². The molecule has 220 valence electrons. The van der Waals surface area contributed by atoms with E-state index < -0.39 is 32.5 Å². The lowest BCUT2D eigenvalue weighted by molar-refractivity contribution is -0.114. The van der Waals surface area contributed by atoms with Crippen molar-refractivity contribution in [3.05, 3.63) is 70.7 Å². The van der Waals surface area contributed by atoms with E-state index in [9.17, 15) is 21.6 Å². The number of sulfonamides is 2. The van der Waals surface area contributed by atoms with Gasteiger partial charge in [0, 0.05) is 13.1 Å². The Hall–Kier alpha value is -3.17. The number of aryl methyl sites for hydroxylation is 1. The number of nitrogens with zero attached hydrogens (tertiary/aromatic N) is 2. The topological polar surface area (TPSA) is 132 Å². The number of carbonyl (C=O) groups excluding carboxylic acids is 1. The lowest BCUT2D eigenvalue weighted by Crippen LogP contribution is -2.40. The van der Waals surface area contributed by atoms with Gasteiger partial charge in [-0.2, -0.15) is 4.31 Å². The predicted molar refractivity (Wildman–Crippen MR) is 158 cm³/mol. The van der Waals surface area contributed by atoms with Crippen LogP contribution in [0.5, 0.6) is 11.5 Å². The van der Waals surface area contributed by atoms with Crippen molar-refractivity contribution in [3.63, 3.8) is 0 Å². The molecular weight excluding hydrogens is 638 g/mol. The largest absolute Gasteiger partial charge is 0.496 e. The Balaban J connectivity index is 1.66. The van der Waals surface area contributed by atoms with Gasteiger partial charge in [0.05, 0.1) is 53.1 Å². The van der Waals surface area contributed by atoms with E-state index in [1.165, 1.54) is 54.9 Å². The molecular formula is C27H30BrN3O8S2. The van der Waals surface area contributed by atoms with Crippen LogP contribution >= 0.6 is 15.9 Å². The maximum absolute atomic E-state index is 13.8. The summed E-state index contributed by atoms with van der Waals surface area (Å²) in [5.74, 6) is -0.0494. The molecule has 1 heterocycles. The predicted octanol–water partition coefficient (Wildman–Crippen LogP) is 3.63. The number of hydrogen-bond acceptors (Lipinski definition) is 8. The summed E-state index contributed by atoms with van der Waals surface area (Å²) in [7, 11) is -5.24. The van der Waals surface area contributed by atoms with Gasteiger partial charge in [-0.25, -0.2) is 16.8 Å². The minimum Gasteiger partial charge on any atom is -0.496 e. The number of anilines is 2. The molecule has 3 aromatic carbocycles. The smallest absolute Gasteiger partial charge is 0.264 e. The Morgan fingerprint density at radius 1 is 0.927 bits per heavy atom. The van der Waals surface area contributed by atoms with Crippen LogP contribution in [-0.4, -0.2) is 74.1 Å². The summed E-state index contributed by atoms with van der Waals surface area (Å²) < 4.78 is 72.5. The molecule has 14 heteroatoms. The molecule has 1 N–H and O–H groups in total. The minimum absolute atomic E-state index is 0.0402. The molecule has 0 aliphatic carbocycles. The van der Waals surface area contributed by atoms with Crippen LogP contribution < -0.4 is 19.1 Å². The Morgan fingerprint density at radius 2 is 1.54 bits per heavy atom. The molecule has 0 unspecified atom stereocenters. The lowest BCUT2D eigenvalue weighted by atomic mass is 10.2. The number of amides is 1. The molecule has 0 bridgehead atoms. The monoisotopic (exact) mass is 667 g/mol. The van der Waals surface area contributed by atoms with E-state index in [-0.39, 0.29) is 53.2 Å². The van der Waals surface area contributed by atoms with E-state index in [2.05, 4.69) is 21.2 Å². The first-order valence-electron chi connectivity index (χ1n) is 12.5. The summed E-state index contributed by atoms with van der Waals surface area (Å²) in [6, 6.07) is 15.1. The second-order valence-corrected chi connectivity index (χ2v) is 13.7. The number of carbonyl (C=O) groups is 1. The maximum atomic E-state index is 13.8. The number of halogens is 1. The van der Waals surface area contributed by atoms with Gasteiger partial charge in [0.15, 0.2) is 0 Å². The van der Waals surface area contributed by atoms with Crippen molar-refractivity contribution < 1.29 is 35.8 Å². The van der Waals surface area contributed by atoms with Crippen molar-refractivity contribution in [2.24, 2.45) is 0 Å². The highest BCUT2D eigenvalue weighted by Crippen LogP contribution is 2.32. The zero-order valence-electron chi connectivity index (χ0n) is 22.7. The fraction of sp³-hybridized carbons (Fsp3) is 0.296. The molecule has 1 aliphatic rings. The third-order valence-corrected chi connectivity index (χ3v) is 10.7. The first-order valence-corrected chi connectivity index (χ1v) is 16.1. The first-order chi connectivity index (χ1) is 19.5. The van der Waals surface area contributed by atoms with E-state index in [4.69, 9.17) is 14.2 Å². The van der Waals surface area contributed by atoms with Gasteiger partial charge >= 0.3 is 0 Å². The minimum atomic E-state index is -4.22. The van der Waals surface area contributed by atoms with Crippen molar-refractivity contribution in [1.29, 1.82) is 0 Å². The maximum Gasteiger partial charge on any atom is 0.264 e. The van der Waals surface area contributed by atoms with Gasteiger partial charge < -0.3 is 19.5 Å². The van der Waals surface area contributed by atoms with Crippen LogP contribution in [0.15, 0.2) is 74.9 Å². The average Bonchev–Trinajstić information content (AvgIpc) is 2.96. The molecule has 1 amide bonds. The Bertz CT molecular complexity index is 1620. The molecule has 1 saturated heterocycles. The fourth-order valence-corrected chi connectivity index (χ4v) is 7.74. The van der Waals surface area contributed by atoms with Crippen LogP contribution in [0.3, 0.4) is 0 Å². The van der Waals surface area contributed by atoms with E-state index in [1.54, 1.807) is 24.3 Å². The summed E-state index contributed by atoms with van der Waals surface area (Å²) in [4.78, 5) is 13.3. The first kappa shape index (κ1) is 30.8. The molecule has 4 rings (SSSR count). The van der Waals surface area contributed by atoms with E-state index in [0.29, 0.717) is 10.2 Å². The van der Waals surface area contributed by atoms with Gasteiger partial charge in [-0.05, 0) is 71.4 Å². The molecule has 0 saturated carbocycles. The van der Waals surface area contributed by atoms with E-state index >= 15 is 0 Å². The van der Waals surface area contributed by atoms with Crippen LogP contribution in [0.1, 0.15) is 5.56 Å². The van der Waals surface area contributed by atoms with Gasteiger partial charge in [0.25, 0.3) is 10.0 Å². The molecule has 0 aromatic heterocycles. The summed E-state index contributed by atoms with van der Waals surface area (Å²) in [5.41, 5.74) is 1.26. The van der Waals surface area contributed by atoms with Crippen LogP contribution in [0.2, 0.25) is 0 Å². The van der Waals surface area contributed by atoms with Gasteiger partial charge in [-0.15, -0.1) is 0 Å². The van der Waals surface area contributed by atoms with Crippen molar-refractivity contribution in [2.45, 2.75) is 16.7 Å². The zero-order valence-corrected chi connectivity index (χ0v) is 25.9. The van der Waals surface area contributed by atoms with Crippen LogP contribution in [0.25, 0.3) is 0 Å². The zero-order chi connectivity index (χ0) is 29.8. The van der Waals surface area contributed by atoms with E-state index in [1.807, 2.05) is 6.92 Å². The quantitative estimate of drug-likeness (QED) is 0.347. The molecule has 0 spiro atoms. The molecule has 3 aromatic rings. The van der Waals surface area contributed by atoms with Crippen molar-refractivity contribution in [1.82, 2.24) is 4.31 Å². The molecule has 0 radical (unpaired) electrons. The van der Waals surface area contributed by atoms with Crippen LogP contribution in [-0.2, 0) is 29.6 Å². The highest BCUT2D eigenvalue weighted by Gasteiger charge is 2.30. The van der Waals surface area contributed by atoms with Gasteiger partial charge in [0.2, 0.25) is 15.9 Å². The number of nitrogens with one attached hydrogen (secondary N) is 1. The SMILES string of the molecule is COc1ccc(S(=O)(=O)N(CC(=O)Nc2cc(S(=O)(=O)N3CCOCC3)ccc2OC)c2ccc(C)cc2)cc1Br. The standard InChI is InChI=1S/C27H30BrN3O8S2/c1-19-4-6-20(7-5-19)31(41(35,36)21-8-10-25(37-2)23(28)16-21)18-27(32)29-24-17-22(9-11-26(24)38-3)40(33,34)30-12-14-39-15-13-30/h4-11,16-17H,12-15,18H2,1-3H3,(H,29,32). The molecule has 0 atom stereocenters. The summed E-state index contributed by atoms with van der Waals surface area (Å²) in [5, 5.41) is 2.63. The summed E-state index contributed by atoms with van der Waals surface area (Å²) >= 11 is 3.32. The summed E-state index contributed by atoms with van der Waals surface area (Å²) in [6.45, 7) is 2.25. The molecule has 1 aliphatic heterocycles. The van der Waals surface area contributed by atoms with Gasteiger partial charge in [-0.3, -0.25) is 9.10 Å². The Labute approximate surface area is 248 Å². The molecule has 1 fully saturated rings. The number of methoxy groups -OCH3 is 2. The number of rotatable bonds is 10. The number of benzene rings is 3. The van der Waals surface area contributed by atoms with Crippen LogP contribution in [0, 0.1) is 6.92 Å². The average molecular weight is 669 g/mol. The van der Waals surface area contributed by atoms with Crippen molar-refractivity contribution >= 4 is 53.3 Å². The Morgan fingerprint density at radius 3 is 2.15 bits per heavy atom. The summed E-state index contributed by atoms with van der Waals surface area (Å²) in [6.07, 6.45) is 0. The van der Waals surface area contributed by atoms with Gasteiger partial charge in [0.1, 0.15) is 18.0 Å². The third kappa shape index (κ3) is 6.84. The van der Waals surface area contributed by atoms with E-state index in [0.717, 1.165) is 9.87 Å². The highest BCUT2D eigenvalue weighted by atomic mass is 79.9. The third-order valence-electron chi connectivity index (χ3n) is 6.37. The second-order valence-electron chi connectivity index (χ2n) is 9.07. The molecule has 41 heavy (non-hydrogen) atoms. The Kier molecular flexibility index (Phi) is 9.59. The lowest BCUT2D eigenvalue weighted by Gasteiger charge is -2.26. The second kappa shape index (κ2) is 12.8. The fourth-order valence-electron chi connectivity index (χ4n) is 4.16. The van der Waals surface area contributed by atoms with Crippen LogP contribution in [0.4, 0.5) is 11.4 Å². The number of hydrogen-bond donors (Lipinski definition) is 1. The van der Waals surface area contributed by atoms with Crippen molar-refractivity contribution in [2.75, 3.05) is 56.7 Å². The normalized spacial score (nSPS) is 14.3. The van der Waals surface area contributed by atoms with Gasteiger partial charge in [-0.1, -0.05) is 17.7 Å². The number of morpholine rings is 1.